The van der Waals surface area contributed by atoms with Crippen LogP contribution in [0.3, 0.4) is 0 Å². The lowest BCUT2D eigenvalue weighted by atomic mass is 10.0. The summed E-state index contributed by atoms with van der Waals surface area (Å²) in [4.78, 5) is 19.5. The summed E-state index contributed by atoms with van der Waals surface area (Å²) in [5.74, 6) is -3.54. The first-order valence-electron chi connectivity index (χ1n) is 6.44. The molecule has 2 unspecified atom stereocenters. The molecule has 0 aliphatic heterocycles. The van der Waals surface area contributed by atoms with Gasteiger partial charge in [-0.25, -0.2) is 9.59 Å². The van der Waals surface area contributed by atoms with Gasteiger partial charge in [-0.3, -0.25) is 0 Å². The van der Waals surface area contributed by atoms with Crippen molar-refractivity contribution in [3.8, 4) is 0 Å². The highest BCUT2D eigenvalue weighted by Gasteiger charge is 2.29. The van der Waals surface area contributed by atoms with Crippen molar-refractivity contribution in [3.63, 3.8) is 0 Å². The number of likely N-dealkylation sites (N-methyl/N-ethyl adjacent to an activating group) is 1. The lowest BCUT2D eigenvalue weighted by Gasteiger charge is -2.17. The first-order valence-corrected chi connectivity index (χ1v) is 6.44. The van der Waals surface area contributed by atoms with Crippen LogP contribution >= 0.6 is 0 Å². The number of rotatable bonds is 6. The van der Waals surface area contributed by atoms with Gasteiger partial charge in [-0.05, 0) is 19.5 Å². The molecule has 0 spiro atoms. The highest BCUT2D eigenvalue weighted by Crippen LogP contribution is 2.15. The zero-order chi connectivity index (χ0) is 17.3. The van der Waals surface area contributed by atoms with E-state index in [2.05, 4.69) is 5.32 Å². The first kappa shape index (κ1) is 20.0. The predicted molar refractivity (Wildman–Crippen MR) is 77.2 cm³/mol. The largest absolute Gasteiger partial charge is 0.479 e. The van der Waals surface area contributed by atoms with Crippen LogP contribution in [0.4, 0.5) is 0 Å². The van der Waals surface area contributed by atoms with Crippen LogP contribution in [-0.2, 0) is 9.59 Å². The number of hydrogen-bond acceptors (Lipinski definition) is 6. The Morgan fingerprint density at radius 2 is 1.36 bits per heavy atom. The molecule has 1 aromatic carbocycles. The number of nitrogens with one attached hydrogen (secondary N) is 1. The van der Waals surface area contributed by atoms with Crippen LogP contribution < -0.4 is 5.32 Å². The molecule has 0 saturated carbocycles. The van der Waals surface area contributed by atoms with Gasteiger partial charge in [0.2, 0.25) is 0 Å². The van der Waals surface area contributed by atoms with E-state index in [-0.39, 0.29) is 6.04 Å². The first-order chi connectivity index (χ1) is 10.2. The van der Waals surface area contributed by atoms with E-state index in [4.69, 9.17) is 20.4 Å². The van der Waals surface area contributed by atoms with Crippen molar-refractivity contribution in [1.29, 1.82) is 0 Å². The Labute approximate surface area is 127 Å². The second-order valence-electron chi connectivity index (χ2n) is 4.50. The molecule has 0 fully saturated rings. The van der Waals surface area contributed by atoms with Gasteiger partial charge in [-0.15, -0.1) is 0 Å². The molecule has 0 amide bonds. The number of benzene rings is 1. The highest BCUT2D eigenvalue weighted by atomic mass is 16.4. The highest BCUT2D eigenvalue weighted by molar-refractivity contribution is 5.83. The lowest BCUT2D eigenvalue weighted by Crippen LogP contribution is -2.39. The SMILES string of the molecule is CN[C@@H](C)[C@@H](O)c1ccccc1.O=C(O)C(O)C(O)C(=O)O. The van der Waals surface area contributed by atoms with Gasteiger partial charge in [-0.2, -0.15) is 0 Å². The van der Waals surface area contributed by atoms with E-state index in [1.54, 1.807) is 0 Å². The molecule has 124 valence electrons. The molecule has 6 N–H and O–H groups in total. The predicted octanol–water partition coefficient (Wildman–Crippen LogP) is -0.795. The molecule has 0 radical (unpaired) electrons. The quantitative estimate of drug-likeness (QED) is 0.400. The Morgan fingerprint density at radius 1 is 0.955 bits per heavy atom. The molecule has 0 aliphatic rings. The molecule has 8 nitrogen and oxygen atoms in total. The van der Waals surface area contributed by atoms with Gasteiger partial charge < -0.3 is 30.8 Å². The molecule has 0 aromatic heterocycles. The second-order valence-corrected chi connectivity index (χ2v) is 4.50. The Morgan fingerprint density at radius 3 is 1.68 bits per heavy atom. The van der Waals surface area contributed by atoms with Crippen LogP contribution in [0.15, 0.2) is 30.3 Å². The molecule has 8 heteroatoms. The number of carbonyl (C=O) groups is 2. The van der Waals surface area contributed by atoms with Crippen molar-refractivity contribution < 1.29 is 35.1 Å². The Bertz CT molecular complexity index is 448. The van der Waals surface area contributed by atoms with Crippen molar-refractivity contribution in [1.82, 2.24) is 5.32 Å². The van der Waals surface area contributed by atoms with Crippen LogP contribution in [0, 0.1) is 0 Å². The number of aliphatic hydroxyl groups is 3. The van der Waals surface area contributed by atoms with Crippen molar-refractivity contribution >= 4 is 11.9 Å². The summed E-state index contributed by atoms with van der Waals surface area (Å²) in [6.07, 6.45) is -4.95. The van der Waals surface area contributed by atoms with E-state index in [0.29, 0.717) is 0 Å². The van der Waals surface area contributed by atoms with E-state index in [1.807, 2.05) is 44.3 Å². The topological polar surface area (TPSA) is 147 Å². The fourth-order valence-electron chi connectivity index (χ4n) is 1.37. The van der Waals surface area contributed by atoms with Crippen LogP contribution in [-0.4, -0.2) is 62.8 Å². The van der Waals surface area contributed by atoms with Crippen molar-refractivity contribution in [3.05, 3.63) is 35.9 Å². The smallest absolute Gasteiger partial charge is 0.335 e. The van der Waals surface area contributed by atoms with Crippen molar-refractivity contribution in [2.45, 2.75) is 31.3 Å². The molecular formula is C14H21NO7. The van der Waals surface area contributed by atoms with Crippen LogP contribution in [0.25, 0.3) is 0 Å². The monoisotopic (exact) mass is 315 g/mol. The fraction of sp³-hybridized carbons (Fsp3) is 0.429. The summed E-state index contributed by atoms with van der Waals surface area (Å²) in [6, 6.07) is 9.76. The number of carboxylic acid groups (broad SMARTS) is 2. The van der Waals surface area contributed by atoms with Gasteiger partial charge in [0, 0.05) is 6.04 Å². The summed E-state index contributed by atoms with van der Waals surface area (Å²) in [7, 11) is 1.84. The third kappa shape index (κ3) is 6.64. The summed E-state index contributed by atoms with van der Waals surface area (Å²) < 4.78 is 0. The maximum atomic E-state index is 9.77. The molecule has 0 aliphatic carbocycles. The van der Waals surface area contributed by atoms with Crippen LogP contribution in [0.2, 0.25) is 0 Å². The third-order valence-corrected chi connectivity index (χ3v) is 2.88. The van der Waals surface area contributed by atoms with Crippen molar-refractivity contribution in [2.24, 2.45) is 0 Å². The van der Waals surface area contributed by atoms with Crippen molar-refractivity contribution in [2.75, 3.05) is 7.05 Å². The Kier molecular flexibility index (Phi) is 8.95. The van der Waals surface area contributed by atoms with Gasteiger partial charge in [0.25, 0.3) is 0 Å². The molecule has 0 saturated heterocycles. The standard InChI is InChI=1S/C10H15NO.C4H6O6/c1-8(11-2)10(12)9-6-4-3-5-7-9;5-1(3(7)8)2(6)4(9)10/h3-8,10-12H,1-2H3;1-2,5-6H,(H,7,8)(H,9,10)/t8-,10+;/m0./s1. The van der Waals surface area contributed by atoms with E-state index >= 15 is 0 Å². The fourth-order valence-corrected chi connectivity index (χ4v) is 1.37. The van der Waals surface area contributed by atoms with E-state index in [1.165, 1.54) is 0 Å². The molecule has 1 aromatic rings. The van der Waals surface area contributed by atoms with Crippen LogP contribution in [0.5, 0.6) is 0 Å². The maximum Gasteiger partial charge on any atom is 0.335 e. The Hall–Kier alpha value is -2.00. The minimum absolute atomic E-state index is 0.0902. The van der Waals surface area contributed by atoms with E-state index < -0.39 is 30.3 Å². The normalized spacial score (nSPS) is 15.7. The summed E-state index contributed by atoms with van der Waals surface area (Å²) in [5, 5.41) is 45.3. The van der Waals surface area contributed by atoms with Crippen LogP contribution in [0.1, 0.15) is 18.6 Å². The number of carboxylic acids is 2. The second kappa shape index (κ2) is 9.85. The lowest BCUT2D eigenvalue weighted by molar-refractivity contribution is -0.165. The van der Waals surface area contributed by atoms with Gasteiger partial charge in [0.05, 0.1) is 6.10 Å². The molecule has 4 atom stereocenters. The molecular weight excluding hydrogens is 294 g/mol. The van der Waals surface area contributed by atoms with Gasteiger partial charge in [0.1, 0.15) is 0 Å². The molecule has 1 rings (SSSR count). The summed E-state index contributed by atoms with van der Waals surface area (Å²) in [5.41, 5.74) is 0.958. The zero-order valence-corrected chi connectivity index (χ0v) is 12.2. The summed E-state index contributed by atoms with van der Waals surface area (Å²) >= 11 is 0. The summed E-state index contributed by atoms with van der Waals surface area (Å²) in [6.45, 7) is 1.96. The van der Waals surface area contributed by atoms with Gasteiger partial charge in [0.15, 0.2) is 12.2 Å². The van der Waals surface area contributed by atoms with Gasteiger partial charge >= 0.3 is 11.9 Å². The minimum atomic E-state index is -2.27. The average molecular weight is 315 g/mol. The number of aliphatic carboxylic acids is 2. The van der Waals surface area contributed by atoms with E-state index in [9.17, 15) is 14.7 Å². The van der Waals surface area contributed by atoms with E-state index in [0.717, 1.165) is 5.56 Å². The molecule has 22 heavy (non-hydrogen) atoms. The third-order valence-electron chi connectivity index (χ3n) is 2.88. The maximum absolute atomic E-state index is 9.77. The Balaban J connectivity index is 0.000000409. The minimum Gasteiger partial charge on any atom is -0.479 e. The van der Waals surface area contributed by atoms with Gasteiger partial charge in [-0.1, -0.05) is 30.3 Å². The zero-order valence-electron chi connectivity index (χ0n) is 12.2. The molecule has 0 bridgehead atoms. The number of hydrogen-bond donors (Lipinski definition) is 6. The molecule has 0 heterocycles. The average Bonchev–Trinajstić information content (AvgIpc) is 2.53. The number of aliphatic hydroxyl groups excluding tert-OH is 3.